The molecule has 3 nitrogen and oxygen atoms in total. The zero-order chi connectivity index (χ0) is 12.9. The van der Waals surface area contributed by atoms with Gasteiger partial charge >= 0.3 is 5.97 Å². The first-order chi connectivity index (χ1) is 8.49. The summed E-state index contributed by atoms with van der Waals surface area (Å²) in [4.78, 5) is 11.7. The summed E-state index contributed by atoms with van der Waals surface area (Å²) >= 11 is 0. The van der Waals surface area contributed by atoms with Gasteiger partial charge in [0.25, 0.3) is 0 Å². The van der Waals surface area contributed by atoms with Gasteiger partial charge in [0, 0.05) is 17.9 Å². The fourth-order valence-electron chi connectivity index (χ4n) is 3.19. The topological polar surface area (TPSA) is 38.8 Å². The van der Waals surface area contributed by atoms with Crippen molar-refractivity contribution in [3.8, 4) is 0 Å². The number of carbonyl (C=O) groups is 1. The summed E-state index contributed by atoms with van der Waals surface area (Å²) in [5.41, 5.74) is 1.94. The molecule has 0 unspecified atom stereocenters. The van der Waals surface area contributed by atoms with Crippen molar-refractivity contribution >= 4 is 5.97 Å². The number of esters is 1. The molecule has 0 aromatic rings. The van der Waals surface area contributed by atoms with Crippen molar-refractivity contribution in [3.63, 3.8) is 0 Å². The van der Waals surface area contributed by atoms with Crippen molar-refractivity contribution in [2.75, 3.05) is 0 Å². The molecule has 0 N–H and O–H groups in total. The van der Waals surface area contributed by atoms with Crippen LogP contribution in [-0.4, -0.2) is 23.8 Å². The van der Waals surface area contributed by atoms with Gasteiger partial charge < -0.3 is 9.47 Å². The maximum Gasteiger partial charge on any atom is 0.334 e. The number of allylic oxidation sites excluding steroid dienone is 1. The molecule has 0 spiro atoms. The molecule has 0 aromatic carbocycles. The lowest BCUT2D eigenvalue weighted by Gasteiger charge is -2.19. The average molecular weight is 248 g/mol. The molecule has 1 aliphatic carbocycles. The molecular formula is C15H20O3. The second-order valence-corrected chi connectivity index (χ2v) is 6.02. The highest BCUT2D eigenvalue weighted by molar-refractivity contribution is 5.90. The van der Waals surface area contributed by atoms with Gasteiger partial charge in [0.1, 0.15) is 6.10 Å². The Hall–Kier alpha value is -1.09. The standard InChI is InChI=1S/C15H20O3/c1-9-5-4-6-15(3)13(18-15)8-11-10(2)14(16)17-12(11)7-9/h5,11-13H,2,4,6-8H2,1,3H3/b9-5-/t11-,12-,13+,15+/m1/s1. The van der Waals surface area contributed by atoms with E-state index in [0.29, 0.717) is 5.57 Å². The lowest BCUT2D eigenvalue weighted by Crippen LogP contribution is -2.22. The van der Waals surface area contributed by atoms with Crippen LogP contribution in [0.25, 0.3) is 0 Å². The van der Waals surface area contributed by atoms with Crippen LogP contribution in [-0.2, 0) is 14.3 Å². The van der Waals surface area contributed by atoms with E-state index in [1.165, 1.54) is 5.57 Å². The SMILES string of the molecule is C=C1C(=O)O[C@@H]2C/C(C)=C\CC[C@]3(C)O[C@H]3C[C@H]12. The number of ether oxygens (including phenoxy) is 2. The Morgan fingerprint density at radius 1 is 1.50 bits per heavy atom. The van der Waals surface area contributed by atoms with Crippen molar-refractivity contribution in [2.24, 2.45) is 5.92 Å². The van der Waals surface area contributed by atoms with Crippen molar-refractivity contribution in [2.45, 2.75) is 57.3 Å². The molecule has 3 heteroatoms. The van der Waals surface area contributed by atoms with E-state index in [1.807, 2.05) is 0 Å². The highest BCUT2D eigenvalue weighted by Crippen LogP contribution is 2.48. The van der Waals surface area contributed by atoms with Crippen LogP contribution in [0.1, 0.15) is 39.5 Å². The van der Waals surface area contributed by atoms with Crippen LogP contribution in [0.3, 0.4) is 0 Å². The van der Waals surface area contributed by atoms with Gasteiger partial charge in [0.15, 0.2) is 0 Å². The lowest BCUT2D eigenvalue weighted by molar-refractivity contribution is -0.139. The predicted molar refractivity (Wildman–Crippen MR) is 68.0 cm³/mol. The Balaban J connectivity index is 1.86. The van der Waals surface area contributed by atoms with Gasteiger partial charge in [-0.3, -0.25) is 0 Å². The third-order valence-corrected chi connectivity index (χ3v) is 4.58. The van der Waals surface area contributed by atoms with Crippen molar-refractivity contribution in [1.29, 1.82) is 0 Å². The molecule has 2 saturated heterocycles. The zero-order valence-corrected chi connectivity index (χ0v) is 11.1. The minimum absolute atomic E-state index is 0.00455. The van der Waals surface area contributed by atoms with Crippen LogP contribution in [0.5, 0.6) is 0 Å². The Labute approximate surface area is 108 Å². The molecule has 18 heavy (non-hydrogen) atoms. The van der Waals surface area contributed by atoms with Gasteiger partial charge in [-0.1, -0.05) is 18.2 Å². The average Bonchev–Trinajstić information content (AvgIpc) is 2.86. The monoisotopic (exact) mass is 248 g/mol. The van der Waals surface area contributed by atoms with E-state index in [0.717, 1.165) is 25.7 Å². The number of carbonyl (C=O) groups excluding carboxylic acids is 1. The molecule has 0 saturated carbocycles. The number of hydrogen-bond donors (Lipinski definition) is 0. The summed E-state index contributed by atoms with van der Waals surface area (Å²) in [5, 5.41) is 0. The zero-order valence-electron chi connectivity index (χ0n) is 11.1. The number of rotatable bonds is 0. The molecule has 0 amide bonds. The summed E-state index contributed by atoms with van der Waals surface area (Å²) in [7, 11) is 0. The second-order valence-electron chi connectivity index (χ2n) is 6.02. The predicted octanol–water partition coefficient (Wildman–Crippen LogP) is 2.76. The lowest BCUT2D eigenvalue weighted by atomic mass is 9.84. The second kappa shape index (κ2) is 3.95. The molecule has 3 aliphatic rings. The quantitative estimate of drug-likeness (QED) is 0.286. The normalized spacial score (nSPS) is 46.6. The first-order valence-electron chi connectivity index (χ1n) is 6.73. The van der Waals surface area contributed by atoms with E-state index in [9.17, 15) is 4.79 Å². The third-order valence-electron chi connectivity index (χ3n) is 4.58. The van der Waals surface area contributed by atoms with E-state index < -0.39 is 0 Å². The van der Waals surface area contributed by atoms with Crippen LogP contribution in [0.4, 0.5) is 0 Å². The Kier molecular flexibility index (Phi) is 2.63. The minimum Gasteiger partial charge on any atom is -0.458 e. The van der Waals surface area contributed by atoms with Crippen molar-refractivity contribution < 1.29 is 14.3 Å². The third kappa shape index (κ3) is 1.91. The molecular weight excluding hydrogens is 228 g/mol. The van der Waals surface area contributed by atoms with Gasteiger partial charge in [-0.15, -0.1) is 0 Å². The van der Waals surface area contributed by atoms with Gasteiger partial charge in [0.2, 0.25) is 0 Å². The number of fused-ring (bicyclic) bond motifs is 2. The van der Waals surface area contributed by atoms with Crippen LogP contribution in [0, 0.1) is 5.92 Å². The fourth-order valence-corrected chi connectivity index (χ4v) is 3.19. The fraction of sp³-hybridized carbons (Fsp3) is 0.667. The van der Waals surface area contributed by atoms with Gasteiger partial charge in [-0.05, 0) is 33.1 Å². The Morgan fingerprint density at radius 3 is 3.06 bits per heavy atom. The van der Waals surface area contributed by atoms with E-state index in [1.54, 1.807) is 0 Å². The Morgan fingerprint density at radius 2 is 2.28 bits per heavy atom. The van der Waals surface area contributed by atoms with Crippen molar-refractivity contribution in [1.82, 2.24) is 0 Å². The summed E-state index contributed by atoms with van der Waals surface area (Å²) in [6.07, 6.45) is 6.30. The molecule has 2 aliphatic heterocycles. The highest BCUT2D eigenvalue weighted by Gasteiger charge is 2.54. The van der Waals surface area contributed by atoms with E-state index >= 15 is 0 Å². The van der Waals surface area contributed by atoms with E-state index in [4.69, 9.17) is 9.47 Å². The maximum absolute atomic E-state index is 11.7. The van der Waals surface area contributed by atoms with Crippen molar-refractivity contribution in [3.05, 3.63) is 23.8 Å². The molecule has 2 heterocycles. The van der Waals surface area contributed by atoms with E-state index in [2.05, 4.69) is 26.5 Å². The minimum atomic E-state index is -0.223. The van der Waals surface area contributed by atoms with Gasteiger partial charge in [-0.25, -0.2) is 4.79 Å². The van der Waals surface area contributed by atoms with Gasteiger partial charge in [0.05, 0.1) is 11.7 Å². The van der Waals surface area contributed by atoms with Crippen LogP contribution in [0.15, 0.2) is 23.8 Å². The smallest absolute Gasteiger partial charge is 0.334 e. The summed E-state index contributed by atoms with van der Waals surface area (Å²) in [5.74, 6) is -0.0924. The molecule has 3 rings (SSSR count). The van der Waals surface area contributed by atoms with Gasteiger partial charge in [-0.2, -0.15) is 0 Å². The molecule has 2 fully saturated rings. The van der Waals surface area contributed by atoms with E-state index in [-0.39, 0.29) is 29.7 Å². The molecule has 4 atom stereocenters. The van der Waals surface area contributed by atoms with Crippen LogP contribution >= 0.6 is 0 Å². The molecule has 0 bridgehead atoms. The van der Waals surface area contributed by atoms with Crippen LogP contribution < -0.4 is 0 Å². The summed E-state index contributed by atoms with van der Waals surface area (Å²) in [6.45, 7) is 8.17. The number of epoxide rings is 1. The molecule has 0 radical (unpaired) electrons. The summed E-state index contributed by atoms with van der Waals surface area (Å²) in [6, 6.07) is 0. The molecule has 98 valence electrons. The first kappa shape index (κ1) is 12.0. The maximum atomic E-state index is 11.7. The summed E-state index contributed by atoms with van der Waals surface area (Å²) < 4.78 is 11.3. The number of hydrogen-bond acceptors (Lipinski definition) is 3. The highest BCUT2D eigenvalue weighted by atomic mass is 16.6. The Bertz CT molecular complexity index is 437. The largest absolute Gasteiger partial charge is 0.458 e. The van der Waals surface area contributed by atoms with Crippen LogP contribution in [0.2, 0.25) is 0 Å². The first-order valence-corrected chi connectivity index (χ1v) is 6.73. The molecule has 0 aromatic heterocycles.